The third kappa shape index (κ3) is 4.91. The highest BCUT2D eigenvalue weighted by atomic mass is 32.1. The van der Waals surface area contributed by atoms with E-state index < -0.39 is 18.6 Å². The van der Waals surface area contributed by atoms with Crippen molar-refractivity contribution >= 4 is 23.0 Å². The fourth-order valence-corrected chi connectivity index (χ4v) is 5.59. The van der Waals surface area contributed by atoms with Gasteiger partial charge < -0.3 is 9.84 Å². The molecule has 0 saturated carbocycles. The number of fused-ring (bicyclic) bond motifs is 1. The quantitative estimate of drug-likeness (QED) is 0.378. The highest BCUT2D eigenvalue weighted by Gasteiger charge is 2.34. The third-order valence-electron chi connectivity index (χ3n) is 6.17. The van der Waals surface area contributed by atoms with Gasteiger partial charge in [-0.15, -0.1) is 11.3 Å². The summed E-state index contributed by atoms with van der Waals surface area (Å²) in [7, 11) is 1.45. The van der Waals surface area contributed by atoms with Crippen molar-refractivity contribution < 1.29 is 27.8 Å². The van der Waals surface area contributed by atoms with Gasteiger partial charge in [-0.2, -0.15) is 23.4 Å². The molecule has 5 heterocycles. The number of aliphatic carboxylic acids is 1. The minimum atomic E-state index is -4.47. The number of nitrogens with one attached hydrogen (secondary N) is 1. The van der Waals surface area contributed by atoms with E-state index in [1.165, 1.54) is 29.3 Å². The predicted molar refractivity (Wildman–Crippen MR) is 124 cm³/mol. The smallest absolute Gasteiger partial charge is 0.393 e. The number of thiazole rings is 1. The van der Waals surface area contributed by atoms with Crippen molar-refractivity contribution in [1.82, 2.24) is 34.7 Å². The summed E-state index contributed by atoms with van der Waals surface area (Å²) in [4.78, 5) is 22.3. The van der Waals surface area contributed by atoms with Gasteiger partial charge in [0.05, 0.1) is 31.5 Å². The van der Waals surface area contributed by atoms with Crippen LogP contribution < -0.4 is 4.74 Å². The normalized spacial score (nSPS) is 15.6. The van der Waals surface area contributed by atoms with Crippen molar-refractivity contribution in [3.8, 4) is 27.7 Å². The molecule has 2 N–H and O–H groups in total. The molecule has 4 aromatic heterocycles. The number of aromatic amines is 1. The van der Waals surface area contributed by atoms with Gasteiger partial charge in [0.25, 0.3) is 0 Å². The fourth-order valence-electron chi connectivity index (χ4n) is 4.49. The Kier molecular flexibility index (Phi) is 6.38. The first-order chi connectivity index (χ1) is 17.2. The summed E-state index contributed by atoms with van der Waals surface area (Å²) in [6.07, 6.45) is 0.451. The number of halogens is 3. The number of carboxylic acid groups (broad SMARTS) is 1. The minimum absolute atomic E-state index is 0.00353. The Morgan fingerprint density at radius 1 is 1.31 bits per heavy atom. The van der Waals surface area contributed by atoms with Gasteiger partial charge in [-0.3, -0.25) is 14.8 Å². The number of carbonyl (C=O) groups is 1. The Hall–Kier alpha value is -3.52. The van der Waals surface area contributed by atoms with Crippen LogP contribution in [0.25, 0.3) is 27.6 Å². The lowest BCUT2D eigenvalue weighted by Gasteiger charge is -2.29. The van der Waals surface area contributed by atoms with Crippen LogP contribution in [0.1, 0.15) is 29.2 Å². The van der Waals surface area contributed by atoms with E-state index in [1.54, 1.807) is 18.5 Å². The maximum absolute atomic E-state index is 13.6. The second-order valence-electron chi connectivity index (χ2n) is 8.56. The molecule has 0 aromatic carbocycles. The Bertz CT molecular complexity index is 1390. The maximum atomic E-state index is 13.6. The van der Waals surface area contributed by atoms with Crippen LogP contribution in [0.5, 0.6) is 5.75 Å². The van der Waals surface area contributed by atoms with Crippen LogP contribution in [-0.4, -0.2) is 78.7 Å². The van der Waals surface area contributed by atoms with Crippen LogP contribution in [0.15, 0.2) is 24.8 Å². The molecule has 1 saturated heterocycles. The van der Waals surface area contributed by atoms with Crippen molar-refractivity contribution in [3.63, 3.8) is 0 Å². The Labute approximate surface area is 206 Å². The maximum Gasteiger partial charge on any atom is 0.393 e. The van der Waals surface area contributed by atoms with Crippen LogP contribution >= 0.6 is 11.3 Å². The average Bonchev–Trinajstić information content (AvgIpc) is 3.57. The fraction of sp³-hybridized carbons (Fsp3) is 0.409. The Morgan fingerprint density at radius 2 is 2.08 bits per heavy atom. The molecular weight excluding hydrogens is 499 g/mol. The van der Waals surface area contributed by atoms with E-state index >= 15 is 0 Å². The van der Waals surface area contributed by atoms with Crippen molar-refractivity contribution in [2.45, 2.75) is 31.4 Å². The van der Waals surface area contributed by atoms with Crippen LogP contribution in [-0.2, 0) is 11.2 Å². The molecule has 0 aliphatic carbocycles. The number of H-pyrrole nitrogens is 1. The predicted octanol–water partition coefficient (Wildman–Crippen LogP) is 3.62. The lowest BCUT2D eigenvalue weighted by Crippen LogP contribution is -2.36. The first-order valence-corrected chi connectivity index (χ1v) is 12.0. The van der Waals surface area contributed by atoms with E-state index in [0.29, 0.717) is 35.1 Å². The number of likely N-dealkylation sites (tertiary alicyclic amines) is 1. The van der Waals surface area contributed by atoms with E-state index in [9.17, 15) is 18.0 Å². The summed E-state index contributed by atoms with van der Waals surface area (Å²) in [5.41, 5.74) is 1.18. The largest absolute Gasteiger partial charge is 0.493 e. The SMILES string of the molecule is COc1cc(-c2n[nH]c(-c3ncc(C4CCN(CC(=O)O)CC4)s3)c2CC(F)(F)F)cn2ncnc12. The van der Waals surface area contributed by atoms with Gasteiger partial charge in [-0.05, 0) is 37.9 Å². The molecule has 0 bridgehead atoms. The number of pyridine rings is 1. The lowest BCUT2D eigenvalue weighted by atomic mass is 9.96. The highest BCUT2D eigenvalue weighted by Crippen LogP contribution is 2.40. The molecule has 36 heavy (non-hydrogen) atoms. The van der Waals surface area contributed by atoms with E-state index in [4.69, 9.17) is 9.84 Å². The lowest BCUT2D eigenvalue weighted by molar-refractivity contribution is -0.138. The first kappa shape index (κ1) is 24.2. The number of rotatable bonds is 7. The monoisotopic (exact) mass is 521 g/mol. The number of methoxy groups -OCH3 is 1. The summed E-state index contributed by atoms with van der Waals surface area (Å²) in [5, 5.41) is 20.5. The van der Waals surface area contributed by atoms with E-state index in [0.717, 1.165) is 17.7 Å². The molecule has 1 fully saturated rings. The first-order valence-electron chi connectivity index (χ1n) is 11.1. The second kappa shape index (κ2) is 9.50. The van der Waals surface area contributed by atoms with E-state index in [-0.39, 0.29) is 29.4 Å². The van der Waals surface area contributed by atoms with E-state index in [1.807, 2.05) is 4.90 Å². The van der Waals surface area contributed by atoms with E-state index in [2.05, 4.69) is 25.3 Å². The summed E-state index contributed by atoms with van der Waals surface area (Å²) < 4.78 is 47.7. The van der Waals surface area contributed by atoms with Crippen molar-refractivity contribution in [3.05, 3.63) is 35.2 Å². The number of nitrogens with zero attached hydrogens (tertiary/aromatic N) is 6. The van der Waals surface area contributed by atoms with Gasteiger partial charge in [0, 0.05) is 28.4 Å². The molecule has 14 heteroatoms. The molecule has 0 unspecified atom stereocenters. The summed E-state index contributed by atoms with van der Waals surface area (Å²) in [6.45, 7) is 1.29. The topological polar surface area (TPSA) is 122 Å². The number of hydrogen-bond donors (Lipinski definition) is 2. The Morgan fingerprint density at radius 3 is 2.78 bits per heavy atom. The van der Waals surface area contributed by atoms with Crippen LogP contribution in [0.4, 0.5) is 13.2 Å². The van der Waals surface area contributed by atoms with Crippen molar-refractivity contribution in [2.75, 3.05) is 26.7 Å². The zero-order valence-corrected chi connectivity index (χ0v) is 19.9. The number of ether oxygens (including phenoxy) is 1. The number of hydrogen-bond acceptors (Lipinski definition) is 8. The molecule has 4 aromatic rings. The molecule has 0 amide bonds. The molecular formula is C22H22F3N7O3S. The molecule has 5 rings (SSSR count). The molecule has 0 spiro atoms. The molecule has 0 radical (unpaired) electrons. The van der Waals surface area contributed by atoms with Gasteiger partial charge in [-0.25, -0.2) is 14.5 Å². The van der Waals surface area contributed by atoms with Crippen LogP contribution in [0, 0.1) is 0 Å². The van der Waals surface area contributed by atoms with Crippen molar-refractivity contribution in [1.29, 1.82) is 0 Å². The Balaban J connectivity index is 1.47. The second-order valence-corrected chi connectivity index (χ2v) is 9.62. The molecule has 190 valence electrons. The molecule has 10 nitrogen and oxygen atoms in total. The standard InChI is InChI=1S/C22H22F3N7O3S/c1-35-15-6-13(9-32-20(15)27-11-28-32)18-14(7-22(23,24)25)19(30-29-18)21-26-8-16(36-21)12-2-4-31(5-3-12)10-17(33)34/h6,8-9,11-12H,2-5,7,10H2,1H3,(H,29,30)(H,33,34). The zero-order chi connectivity index (χ0) is 25.4. The summed E-state index contributed by atoms with van der Waals surface area (Å²) in [6, 6.07) is 1.59. The van der Waals surface area contributed by atoms with Gasteiger partial charge in [0.15, 0.2) is 11.4 Å². The highest BCUT2D eigenvalue weighted by molar-refractivity contribution is 7.15. The number of aromatic nitrogens is 6. The zero-order valence-electron chi connectivity index (χ0n) is 19.1. The van der Waals surface area contributed by atoms with Gasteiger partial charge in [0.2, 0.25) is 0 Å². The van der Waals surface area contributed by atoms with Crippen molar-refractivity contribution in [2.24, 2.45) is 0 Å². The molecule has 1 aliphatic heterocycles. The molecule has 1 aliphatic rings. The van der Waals surface area contributed by atoms with Gasteiger partial charge in [0.1, 0.15) is 11.3 Å². The van der Waals surface area contributed by atoms with Crippen LogP contribution in [0.3, 0.4) is 0 Å². The van der Waals surface area contributed by atoms with Gasteiger partial charge >= 0.3 is 12.1 Å². The number of alkyl halides is 3. The van der Waals surface area contributed by atoms with Gasteiger partial charge in [-0.1, -0.05) is 0 Å². The molecule has 0 atom stereocenters. The number of piperidine rings is 1. The average molecular weight is 522 g/mol. The minimum Gasteiger partial charge on any atom is -0.493 e. The third-order valence-corrected chi connectivity index (χ3v) is 7.34. The van der Waals surface area contributed by atoms with Crippen LogP contribution in [0.2, 0.25) is 0 Å². The number of carboxylic acids is 1. The summed E-state index contributed by atoms with van der Waals surface area (Å²) >= 11 is 1.33. The summed E-state index contributed by atoms with van der Waals surface area (Å²) in [5.74, 6) is -0.326.